The van der Waals surface area contributed by atoms with E-state index in [4.69, 9.17) is 0 Å². The van der Waals surface area contributed by atoms with Crippen molar-refractivity contribution in [1.29, 1.82) is 0 Å². The Kier molecular flexibility index (Phi) is 2.36. The van der Waals surface area contributed by atoms with E-state index >= 15 is 0 Å². The molecule has 0 bridgehead atoms. The molecule has 0 saturated heterocycles. The molecule has 0 spiro atoms. The molecular weight excluding hydrogens is 228 g/mol. The first kappa shape index (κ1) is 11.2. The van der Waals surface area contributed by atoms with E-state index in [1.54, 1.807) is 6.33 Å². The number of amides is 1. The van der Waals surface area contributed by atoms with E-state index in [9.17, 15) is 4.79 Å². The molecule has 3 rings (SSSR count). The highest BCUT2D eigenvalue weighted by Crippen LogP contribution is 2.38. The van der Waals surface area contributed by atoms with Crippen molar-refractivity contribution in [3.8, 4) is 0 Å². The molecule has 2 aromatic heterocycles. The van der Waals surface area contributed by atoms with Crippen LogP contribution in [0.4, 0.5) is 5.82 Å². The minimum atomic E-state index is 0.0625. The predicted octanol–water partition coefficient (Wildman–Crippen LogP) is 1.87. The molecule has 1 saturated carbocycles. The molecule has 5 nitrogen and oxygen atoms in total. The lowest BCUT2D eigenvalue weighted by molar-refractivity contribution is -0.117. The summed E-state index contributed by atoms with van der Waals surface area (Å²) in [6, 6.07) is 1.97. The lowest BCUT2D eigenvalue weighted by atomic mass is 10.3. The summed E-state index contributed by atoms with van der Waals surface area (Å²) in [5, 5.41) is 2.91. The van der Waals surface area contributed by atoms with Gasteiger partial charge in [0.05, 0.1) is 11.8 Å². The topological polar surface area (TPSA) is 59.8 Å². The fourth-order valence-corrected chi connectivity index (χ4v) is 2.24. The quantitative estimate of drug-likeness (QED) is 0.877. The number of rotatable bonds is 2. The minimum absolute atomic E-state index is 0.0625. The van der Waals surface area contributed by atoms with Gasteiger partial charge in [0.15, 0.2) is 5.82 Å². The lowest BCUT2D eigenvalue weighted by Gasteiger charge is -2.06. The Morgan fingerprint density at radius 2 is 2.28 bits per heavy atom. The van der Waals surface area contributed by atoms with Crippen LogP contribution in [0.25, 0.3) is 11.0 Å². The third-order valence-electron chi connectivity index (χ3n) is 3.53. The van der Waals surface area contributed by atoms with Gasteiger partial charge in [0.1, 0.15) is 5.52 Å². The van der Waals surface area contributed by atoms with Crippen molar-refractivity contribution in [1.82, 2.24) is 14.5 Å². The SMILES string of the molecule is Cc1cc2c(ncn2C)c(NC(=O)C2CC2C)n1. The minimum Gasteiger partial charge on any atom is -0.334 e. The van der Waals surface area contributed by atoms with Gasteiger partial charge in [0.2, 0.25) is 5.91 Å². The summed E-state index contributed by atoms with van der Waals surface area (Å²) in [5.41, 5.74) is 2.62. The molecule has 2 atom stereocenters. The third kappa shape index (κ3) is 1.75. The van der Waals surface area contributed by atoms with E-state index in [0.29, 0.717) is 11.7 Å². The van der Waals surface area contributed by atoms with Gasteiger partial charge in [0.25, 0.3) is 0 Å². The summed E-state index contributed by atoms with van der Waals surface area (Å²) in [6.07, 6.45) is 2.71. The molecule has 2 heterocycles. The molecule has 18 heavy (non-hydrogen) atoms. The van der Waals surface area contributed by atoms with Crippen LogP contribution in [0.1, 0.15) is 19.0 Å². The number of fused-ring (bicyclic) bond motifs is 1. The molecule has 2 unspecified atom stereocenters. The second kappa shape index (κ2) is 3.80. The summed E-state index contributed by atoms with van der Waals surface area (Å²) in [4.78, 5) is 20.6. The highest BCUT2D eigenvalue weighted by molar-refractivity contribution is 6.00. The van der Waals surface area contributed by atoms with Crippen LogP contribution >= 0.6 is 0 Å². The number of pyridine rings is 1. The van der Waals surface area contributed by atoms with Crippen LogP contribution in [0.3, 0.4) is 0 Å². The number of nitrogens with zero attached hydrogens (tertiary/aromatic N) is 3. The number of anilines is 1. The number of carbonyl (C=O) groups is 1. The third-order valence-corrected chi connectivity index (χ3v) is 3.53. The highest BCUT2D eigenvalue weighted by atomic mass is 16.2. The number of aromatic nitrogens is 3. The van der Waals surface area contributed by atoms with Gasteiger partial charge < -0.3 is 9.88 Å². The number of carbonyl (C=O) groups excluding carboxylic acids is 1. The van der Waals surface area contributed by atoms with Crippen molar-refractivity contribution in [3.05, 3.63) is 18.1 Å². The molecule has 0 aliphatic heterocycles. The zero-order chi connectivity index (χ0) is 12.9. The van der Waals surface area contributed by atoms with Crippen molar-refractivity contribution < 1.29 is 4.79 Å². The molecule has 5 heteroatoms. The van der Waals surface area contributed by atoms with Gasteiger partial charge >= 0.3 is 0 Å². The van der Waals surface area contributed by atoms with Crippen LogP contribution < -0.4 is 5.32 Å². The second-order valence-corrected chi connectivity index (χ2v) is 5.14. The average molecular weight is 244 g/mol. The van der Waals surface area contributed by atoms with Gasteiger partial charge in [-0.25, -0.2) is 9.97 Å². The molecule has 1 aliphatic rings. The van der Waals surface area contributed by atoms with Gasteiger partial charge in [-0.1, -0.05) is 6.92 Å². The molecule has 1 fully saturated rings. The van der Waals surface area contributed by atoms with Crippen molar-refractivity contribution in [2.45, 2.75) is 20.3 Å². The molecule has 0 aromatic carbocycles. The lowest BCUT2D eigenvalue weighted by Crippen LogP contribution is -2.16. The Hall–Kier alpha value is -1.91. The molecular formula is C13H16N4O. The van der Waals surface area contributed by atoms with E-state index in [1.165, 1.54) is 0 Å². The Balaban J connectivity index is 1.98. The Bertz CT molecular complexity index is 631. The molecule has 94 valence electrons. The first-order valence-electron chi connectivity index (χ1n) is 6.16. The number of hydrogen-bond donors (Lipinski definition) is 1. The second-order valence-electron chi connectivity index (χ2n) is 5.14. The summed E-state index contributed by atoms with van der Waals surface area (Å²) in [6.45, 7) is 4.01. The Morgan fingerprint density at radius 1 is 1.56 bits per heavy atom. The van der Waals surface area contributed by atoms with Crippen LogP contribution in [0.2, 0.25) is 0 Å². The van der Waals surface area contributed by atoms with Crippen molar-refractivity contribution in [2.75, 3.05) is 5.32 Å². The van der Waals surface area contributed by atoms with Crippen molar-refractivity contribution in [2.24, 2.45) is 18.9 Å². The van der Waals surface area contributed by atoms with E-state index in [2.05, 4.69) is 22.2 Å². The summed E-state index contributed by atoms with van der Waals surface area (Å²) >= 11 is 0. The maximum atomic E-state index is 12.0. The summed E-state index contributed by atoms with van der Waals surface area (Å²) < 4.78 is 1.93. The fourth-order valence-electron chi connectivity index (χ4n) is 2.24. The summed E-state index contributed by atoms with van der Waals surface area (Å²) in [7, 11) is 1.93. The normalized spacial score (nSPS) is 22.2. The van der Waals surface area contributed by atoms with Crippen LogP contribution in [0, 0.1) is 18.8 Å². The van der Waals surface area contributed by atoms with E-state index in [0.717, 1.165) is 23.1 Å². The van der Waals surface area contributed by atoms with Gasteiger partial charge in [-0.05, 0) is 25.3 Å². The Morgan fingerprint density at radius 3 is 2.94 bits per heavy atom. The zero-order valence-electron chi connectivity index (χ0n) is 10.8. The zero-order valence-corrected chi connectivity index (χ0v) is 10.8. The van der Waals surface area contributed by atoms with E-state index < -0.39 is 0 Å². The number of imidazole rings is 1. The first-order valence-corrected chi connectivity index (χ1v) is 6.16. The predicted molar refractivity (Wildman–Crippen MR) is 69.1 cm³/mol. The van der Waals surface area contributed by atoms with Crippen LogP contribution in [-0.2, 0) is 11.8 Å². The number of aryl methyl sites for hydroxylation is 2. The van der Waals surface area contributed by atoms with Crippen LogP contribution in [0.5, 0.6) is 0 Å². The van der Waals surface area contributed by atoms with Crippen LogP contribution in [-0.4, -0.2) is 20.4 Å². The number of nitrogens with one attached hydrogen (secondary N) is 1. The molecule has 2 aromatic rings. The standard InChI is InChI=1S/C13H16N4O/c1-7-4-9(7)13(18)16-12-11-10(5-8(2)15-12)17(3)6-14-11/h5-7,9H,4H2,1-3H3,(H,15,16,18). The van der Waals surface area contributed by atoms with E-state index in [1.807, 2.05) is 24.6 Å². The van der Waals surface area contributed by atoms with E-state index in [-0.39, 0.29) is 11.8 Å². The monoisotopic (exact) mass is 244 g/mol. The smallest absolute Gasteiger partial charge is 0.228 e. The van der Waals surface area contributed by atoms with Gasteiger partial charge in [-0.2, -0.15) is 0 Å². The summed E-state index contributed by atoms with van der Waals surface area (Å²) in [5.74, 6) is 1.28. The number of hydrogen-bond acceptors (Lipinski definition) is 3. The fraction of sp³-hybridized carbons (Fsp3) is 0.462. The van der Waals surface area contributed by atoms with Gasteiger partial charge in [-0.15, -0.1) is 0 Å². The van der Waals surface area contributed by atoms with Gasteiger partial charge in [0, 0.05) is 18.7 Å². The maximum absolute atomic E-state index is 12.0. The average Bonchev–Trinajstić information content (AvgIpc) is 2.93. The van der Waals surface area contributed by atoms with Crippen molar-refractivity contribution >= 4 is 22.8 Å². The molecule has 0 radical (unpaired) electrons. The highest BCUT2D eigenvalue weighted by Gasteiger charge is 2.39. The van der Waals surface area contributed by atoms with Crippen LogP contribution in [0.15, 0.2) is 12.4 Å². The molecule has 1 amide bonds. The molecule has 1 aliphatic carbocycles. The first-order chi connectivity index (χ1) is 8.56. The van der Waals surface area contributed by atoms with Crippen molar-refractivity contribution in [3.63, 3.8) is 0 Å². The Labute approximate surface area is 105 Å². The largest absolute Gasteiger partial charge is 0.334 e. The maximum Gasteiger partial charge on any atom is 0.228 e. The van der Waals surface area contributed by atoms with Gasteiger partial charge in [-0.3, -0.25) is 4.79 Å². The molecule has 1 N–H and O–H groups in total.